The summed E-state index contributed by atoms with van der Waals surface area (Å²) >= 11 is 0. The van der Waals surface area contributed by atoms with Crippen LogP contribution in [-0.4, -0.2) is 16.2 Å². The molecule has 1 aromatic rings. The Morgan fingerprint density at radius 2 is 2.07 bits per heavy atom. The molecule has 0 aromatic carbocycles. The third-order valence-electron chi connectivity index (χ3n) is 3.04. The molecule has 76 valence electrons. The first-order valence-corrected chi connectivity index (χ1v) is 5.38. The maximum absolute atomic E-state index is 9.85. The van der Waals surface area contributed by atoms with Gasteiger partial charge in [-0.25, -0.2) is 0 Å². The molecule has 0 saturated heterocycles. The Morgan fingerprint density at radius 1 is 1.29 bits per heavy atom. The summed E-state index contributed by atoms with van der Waals surface area (Å²) < 4.78 is 0. The van der Waals surface area contributed by atoms with Crippen molar-refractivity contribution < 1.29 is 5.11 Å². The van der Waals surface area contributed by atoms with Crippen LogP contribution >= 0.6 is 0 Å². The lowest BCUT2D eigenvalue weighted by molar-refractivity contribution is 0.104. The van der Waals surface area contributed by atoms with E-state index in [1.165, 1.54) is 12.0 Å². The van der Waals surface area contributed by atoms with E-state index in [2.05, 4.69) is 17.1 Å². The smallest absolute Gasteiger partial charge is 0.0623 e. The van der Waals surface area contributed by atoms with Crippen LogP contribution in [0.25, 0.3) is 0 Å². The number of hydrogen-bond acceptors (Lipinski definition) is 2. The Bertz CT molecular complexity index is 294. The topological polar surface area (TPSA) is 33.1 Å². The van der Waals surface area contributed by atoms with E-state index in [0.717, 1.165) is 25.0 Å². The standard InChI is InChI=1S/C12H17NO/c1-9-6-7-11(13-8-9)10-4-2-3-5-12(10)14/h6-8,10,12,14H,2-5H2,1H3. The number of pyridine rings is 1. The van der Waals surface area contributed by atoms with Gasteiger partial charge in [0.1, 0.15) is 0 Å². The zero-order valence-corrected chi connectivity index (χ0v) is 8.61. The molecule has 1 aromatic heterocycles. The molecule has 14 heavy (non-hydrogen) atoms. The SMILES string of the molecule is Cc1ccc(C2CCCCC2O)nc1. The molecule has 0 radical (unpaired) electrons. The van der Waals surface area contributed by atoms with Gasteiger partial charge in [-0.15, -0.1) is 0 Å². The molecule has 1 saturated carbocycles. The molecule has 2 rings (SSSR count). The van der Waals surface area contributed by atoms with Crippen molar-refractivity contribution in [3.05, 3.63) is 29.6 Å². The van der Waals surface area contributed by atoms with Gasteiger partial charge in [0, 0.05) is 17.8 Å². The second kappa shape index (κ2) is 4.09. The number of rotatable bonds is 1. The summed E-state index contributed by atoms with van der Waals surface area (Å²) in [6.45, 7) is 2.04. The highest BCUT2D eigenvalue weighted by atomic mass is 16.3. The molecule has 0 bridgehead atoms. The highest BCUT2D eigenvalue weighted by Crippen LogP contribution is 2.31. The number of aliphatic hydroxyl groups excluding tert-OH is 1. The Morgan fingerprint density at radius 3 is 2.71 bits per heavy atom. The number of aryl methyl sites for hydroxylation is 1. The Kier molecular flexibility index (Phi) is 2.82. The predicted octanol–water partition coefficient (Wildman–Crippen LogP) is 2.41. The molecule has 1 fully saturated rings. The van der Waals surface area contributed by atoms with E-state index in [-0.39, 0.29) is 12.0 Å². The van der Waals surface area contributed by atoms with Crippen molar-refractivity contribution >= 4 is 0 Å². The summed E-state index contributed by atoms with van der Waals surface area (Å²) in [6.07, 6.45) is 6.09. The fourth-order valence-electron chi connectivity index (χ4n) is 2.15. The lowest BCUT2D eigenvalue weighted by Gasteiger charge is -2.26. The first-order valence-electron chi connectivity index (χ1n) is 5.38. The van der Waals surface area contributed by atoms with E-state index < -0.39 is 0 Å². The summed E-state index contributed by atoms with van der Waals surface area (Å²) in [4.78, 5) is 4.39. The predicted molar refractivity (Wildman–Crippen MR) is 56.2 cm³/mol. The molecule has 2 nitrogen and oxygen atoms in total. The van der Waals surface area contributed by atoms with Crippen LogP contribution < -0.4 is 0 Å². The molecule has 0 spiro atoms. The van der Waals surface area contributed by atoms with Crippen LogP contribution in [0.4, 0.5) is 0 Å². The molecule has 2 unspecified atom stereocenters. The van der Waals surface area contributed by atoms with E-state index in [1.807, 2.05) is 13.1 Å². The summed E-state index contributed by atoms with van der Waals surface area (Å²) in [6, 6.07) is 4.12. The average Bonchev–Trinajstić information content (AvgIpc) is 2.20. The molecule has 0 amide bonds. The van der Waals surface area contributed by atoms with Crippen molar-refractivity contribution in [1.82, 2.24) is 4.98 Å². The van der Waals surface area contributed by atoms with Crippen LogP contribution in [-0.2, 0) is 0 Å². The maximum Gasteiger partial charge on any atom is 0.0623 e. The van der Waals surface area contributed by atoms with Crippen molar-refractivity contribution in [2.24, 2.45) is 0 Å². The van der Waals surface area contributed by atoms with Gasteiger partial charge >= 0.3 is 0 Å². The minimum Gasteiger partial charge on any atom is -0.392 e. The molecule has 1 aliphatic carbocycles. The number of nitrogens with zero attached hydrogens (tertiary/aromatic N) is 1. The van der Waals surface area contributed by atoms with Gasteiger partial charge in [0.2, 0.25) is 0 Å². The van der Waals surface area contributed by atoms with Crippen molar-refractivity contribution in [1.29, 1.82) is 0 Å². The van der Waals surface area contributed by atoms with Gasteiger partial charge in [-0.2, -0.15) is 0 Å². The fourth-order valence-corrected chi connectivity index (χ4v) is 2.15. The fraction of sp³-hybridized carbons (Fsp3) is 0.583. The van der Waals surface area contributed by atoms with E-state index >= 15 is 0 Å². The molecule has 2 heteroatoms. The van der Waals surface area contributed by atoms with Gasteiger partial charge < -0.3 is 5.11 Å². The summed E-state index contributed by atoms with van der Waals surface area (Å²) in [7, 11) is 0. The number of hydrogen-bond donors (Lipinski definition) is 1. The van der Waals surface area contributed by atoms with Crippen molar-refractivity contribution in [3.63, 3.8) is 0 Å². The van der Waals surface area contributed by atoms with Gasteiger partial charge in [-0.3, -0.25) is 4.98 Å². The molecule has 2 atom stereocenters. The lowest BCUT2D eigenvalue weighted by Crippen LogP contribution is -2.23. The minimum atomic E-state index is -0.182. The third-order valence-corrected chi connectivity index (χ3v) is 3.04. The van der Waals surface area contributed by atoms with Crippen LogP contribution in [0.1, 0.15) is 42.9 Å². The second-order valence-electron chi connectivity index (χ2n) is 4.22. The van der Waals surface area contributed by atoms with Gasteiger partial charge in [0.25, 0.3) is 0 Å². The van der Waals surface area contributed by atoms with Crippen molar-refractivity contribution in [2.75, 3.05) is 0 Å². The second-order valence-corrected chi connectivity index (χ2v) is 4.22. The van der Waals surface area contributed by atoms with E-state index in [4.69, 9.17) is 0 Å². The zero-order valence-electron chi connectivity index (χ0n) is 8.61. The lowest BCUT2D eigenvalue weighted by atomic mass is 9.84. The van der Waals surface area contributed by atoms with Crippen LogP contribution in [0, 0.1) is 6.92 Å². The van der Waals surface area contributed by atoms with Gasteiger partial charge in [0.15, 0.2) is 0 Å². The quantitative estimate of drug-likeness (QED) is 0.739. The van der Waals surface area contributed by atoms with Crippen LogP contribution in [0.5, 0.6) is 0 Å². The molecule has 0 aliphatic heterocycles. The number of aromatic nitrogens is 1. The van der Waals surface area contributed by atoms with Crippen LogP contribution in [0.15, 0.2) is 18.3 Å². The summed E-state index contributed by atoms with van der Waals surface area (Å²) in [5.41, 5.74) is 2.24. The maximum atomic E-state index is 9.85. The first kappa shape index (κ1) is 9.66. The third kappa shape index (κ3) is 1.95. The van der Waals surface area contributed by atoms with E-state index in [1.54, 1.807) is 0 Å². The first-order chi connectivity index (χ1) is 6.77. The largest absolute Gasteiger partial charge is 0.392 e. The normalized spacial score (nSPS) is 27.6. The van der Waals surface area contributed by atoms with E-state index in [0.29, 0.717) is 0 Å². The van der Waals surface area contributed by atoms with E-state index in [9.17, 15) is 5.11 Å². The van der Waals surface area contributed by atoms with Crippen LogP contribution in [0.3, 0.4) is 0 Å². The van der Waals surface area contributed by atoms with Gasteiger partial charge in [-0.05, 0) is 31.4 Å². The Hall–Kier alpha value is -0.890. The summed E-state index contributed by atoms with van der Waals surface area (Å²) in [5.74, 6) is 0.268. The van der Waals surface area contributed by atoms with Crippen molar-refractivity contribution in [3.8, 4) is 0 Å². The molecule has 1 aliphatic rings. The molecule has 1 N–H and O–H groups in total. The van der Waals surface area contributed by atoms with Gasteiger partial charge in [0.05, 0.1) is 6.10 Å². The highest BCUT2D eigenvalue weighted by Gasteiger charge is 2.25. The minimum absolute atomic E-state index is 0.182. The Labute approximate surface area is 85.0 Å². The monoisotopic (exact) mass is 191 g/mol. The zero-order chi connectivity index (χ0) is 9.97. The molecule has 1 heterocycles. The highest BCUT2D eigenvalue weighted by molar-refractivity contribution is 5.17. The summed E-state index contributed by atoms with van der Waals surface area (Å²) in [5, 5.41) is 9.85. The average molecular weight is 191 g/mol. The number of aliphatic hydroxyl groups is 1. The molecular weight excluding hydrogens is 174 g/mol. The Balaban J connectivity index is 2.16. The van der Waals surface area contributed by atoms with Crippen LogP contribution in [0.2, 0.25) is 0 Å². The van der Waals surface area contributed by atoms with Gasteiger partial charge in [-0.1, -0.05) is 18.9 Å². The molecular formula is C12H17NO. The van der Waals surface area contributed by atoms with Crippen molar-refractivity contribution in [2.45, 2.75) is 44.6 Å².